The molecule has 1 aromatic carbocycles. The highest BCUT2D eigenvalue weighted by Crippen LogP contribution is 2.36. The van der Waals surface area contributed by atoms with Gasteiger partial charge in [-0.1, -0.05) is 19.8 Å². The van der Waals surface area contributed by atoms with Crippen molar-refractivity contribution in [3.05, 3.63) is 28.8 Å². The lowest BCUT2D eigenvalue weighted by Crippen LogP contribution is -2.51. The normalized spacial score (nSPS) is 28.4. The van der Waals surface area contributed by atoms with Crippen LogP contribution >= 0.6 is 0 Å². The molecule has 4 aliphatic rings. The number of amides is 4. The average molecular weight is 542 g/mol. The van der Waals surface area contributed by atoms with Gasteiger partial charge < -0.3 is 15.2 Å². The number of hydrogen-bond donors (Lipinski definition) is 2. The molecular formula is C28H39N5O4S. The summed E-state index contributed by atoms with van der Waals surface area (Å²) in [6.07, 6.45) is 6.37. The number of anilines is 1. The quantitative estimate of drug-likeness (QED) is 0.424. The Morgan fingerprint density at radius 2 is 1.68 bits per heavy atom. The van der Waals surface area contributed by atoms with E-state index in [0.29, 0.717) is 49.7 Å². The predicted molar refractivity (Wildman–Crippen MR) is 148 cm³/mol. The molecule has 1 aromatic rings. The molecule has 2 unspecified atom stereocenters. The molecule has 3 heterocycles. The highest BCUT2D eigenvalue weighted by Gasteiger charge is 2.48. The van der Waals surface area contributed by atoms with E-state index in [1.165, 1.54) is 17.7 Å². The first kappa shape index (κ1) is 27.1. The van der Waals surface area contributed by atoms with Crippen molar-refractivity contribution in [2.24, 2.45) is 16.8 Å². The van der Waals surface area contributed by atoms with E-state index >= 15 is 0 Å². The zero-order valence-electron chi connectivity index (χ0n) is 22.8. The van der Waals surface area contributed by atoms with E-state index in [2.05, 4.69) is 17.6 Å². The topological polar surface area (TPSA) is 117 Å². The summed E-state index contributed by atoms with van der Waals surface area (Å²) in [5.74, 6) is 2.24. The van der Waals surface area contributed by atoms with Gasteiger partial charge >= 0.3 is 6.03 Å². The third-order valence-electron chi connectivity index (χ3n) is 8.84. The molecule has 2 atom stereocenters. The fourth-order valence-corrected chi connectivity index (χ4v) is 7.56. The van der Waals surface area contributed by atoms with Crippen LogP contribution in [0.2, 0.25) is 0 Å². The van der Waals surface area contributed by atoms with Gasteiger partial charge in [0.05, 0.1) is 5.69 Å². The summed E-state index contributed by atoms with van der Waals surface area (Å²) in [6, 6.07) is 2.77. The van der Waals surface area contributed by atoms with Crippen molar-refractivity contribution in [3.63, 3.8) is 0 Å². The Hall–Kier alpha value is -2.43. The van der Waals surface area contributed by atoms with Crippen molar-refractivity contribution >= 4 is 40.7 Å². The molecule has 0 radical (unpaired) electrons. The highest BCUT2D eigenvalue weighted by molar-refractivity contribution is 7.89. The molecule has 38 heavy (non-hydrogen) atoms. The van der Waals surface area contributed by atoms with Crippen molar-refractivity contribution in [3.8, 4) is 0 Å². The zero-order chi connectivity index (χ0) is 27.2. The number of imide groups is 1. The van der Waals surface area contributed by atoms with Crippen LogP contribution in [0.3, 0.4) is 0 Å². The summed E-state index contributed by atoms with van der Waals surface area (Å²) < 4.78 is 15.2. The van der Waals surface area contributed by atoms with E-state index in [9.17, 15) is 18.9 Å². The van der Waals surface area contributed by atoms with Crippen LogP contribution in [0, 0.1) is 25.7 Å². The van der Waals surface area contributed by atoms with Crippen LogP contribution < -0.4 is 15.5 Å². The number of aliphatic imine (C=N–C) groups is 1. The zero-order valence-corrected chi connectivity index (χ0v) is 23.7. The van der Waals surface area contributed by atoms with E-state index in [1.807, 2.05) is 30.3 Å². The monoisotopic (exact) mass is 541 g/mol. The van der Waals surface area contributed by atoms with Gasteiger partial charge in [0.2, 0.25) is 0 Å². The Balaban J connectivity index is 1.18. The number of piperidine rings is 1. The molecule has 2 N–H and O–H groups in total. The summed E-state index contributed by atoms with van der Waals surface area (Å²) in [7, 11) is 0. The average Bonchev–Trinajstić information content (AvgIpc) is 3.33. The van der Waals surface area contributed by atoms with Gasteiger partial charge in [0, 0.05) is 36.8 Å². The summed E-state index contributed by atoms with van der Waals surface area (Å²) in [4.78, 5) is 43.7. The number of amidine groups is 1. The van der Waals surface area contributed by atoms with Gasteiger partial charge in [-0.2, -0.15) is 0 Å². The maximum absolute atomic E-state index is 13.2. The van der Waals surface area contributed by atoms with Crippen molar-refractivity contribution in [2.75, 3.05) is 23.7 Å². The number of aryl methyl sites for hydroxylation is 2. The van der Waals surface area contributed by atoms with E-state index < -0.39 is 29.0 Å². The van der Waals surface area contributed by atoms with Crippen LogP contribution in [0.1, 0.15) is 69.1 Å². The number of nitrogens with one attached hydrogen (secondary N) is 2. The second-order valence-corrected chi connectivity index (χ2v) is 13.1. The SMILES string of the molecule is Cc1cc(N2C(=O)NC(C)C2=O)cc(C)c1CC[S+]([O-])N1CCC2(CC1)N=C(C1CCC(C)CC1)NC2=O. The predicted octanol–water partition coefficient (Wildman–Crippen LogP) is 3.14. The lowest BCUT2D eigenvalue weighted by molar-refractivity contribution is -0.125. The minimum atomic E-state index is -1.17. The summed E-state index contributed by atoms with van der Waals surface area (Å²) in [6.45, 7) is 9.05. The second kappa shape index (κ2) is 10.6. The Morgan fingerprint density at radius 3 is 2.26 bits per heavy atom. The van der Waals surface area contributed by atoms with Gasteiger partial charge in [-0.25, -0.2) is 9.69 Å². The summed E-state index contributed by atoms with van der Waals surface area (Å²) in [5.41, 5.74) is 2.89. The third kappa shape index (κ3) is 5.10. The largest absolute Gasteiger partial charge is 0.598 e. The number of carbonyl (C=O) groups excluding carboxylic acids is 3. The van der Waals surface area contributed by atoms with E-state index in [4.69, 9.17) is 4.99 Å². The Morgan fingerprint density at radius 1 is 1.05 bits per heavy atom. The first-order valence-electron chi connectivity index (χ1n) is 13.9. The van der Waals surface area contributed by atoms with Gasteiger partial charge in [0.25, 0.3) is 11.8 Å². The second-order valence-electron chi connectivity index (χ2n) is 11.5. The van der Waals surface area contributed by atoms with E-state index in [1.54, 1.807) is 6.92 Å². The standard InChI is InChI=1S/C28H39N5O4S/c1-17-5-7-21(8-6-17)24-30-26(35)28(31-24)10-12-32(13-11-28)38(37)14-9-23-18(2)15-22(16-19(23)3)33-25(34)20(4)29-27(33)36/h15-17,20-21H,5-14H2,1-4H3,(H,29,36)(H,30,31,35). The number of hydrogen-bond acceptors (Lipinski definition) is 6. The number of benzene rings is 1. The molecule has 1 spiro atoms. The Labute approximate surface area is 228 Å². The first-order valence-corrected chi connectivity index (χ1v) is 15.1. The lowest BCUT2D eigenvalue weighted by Gasteiger charge is -2.35. The first-order chi connectivity index (χ1) is 18.1. The van der Waals surface area contributed by atoms with Crippen molar-refractivity contribution in [2.45, 2.75) is 84.2 Å². The molecule has 1 saturated carbocycles. The van der Waals surface area contributed by atoms with Crippen molar-refractivity contribution in [1.29, 1.82) is 0 Å². The molecule has 4 amide bonds. The van der Waals surface area contributed by atoms with Crippen molar-refractivity contribution < 1.29 is 18.9 Å². The van der Waals surface area contributed by atoms with Crippen LogP contribution in [-0.2, 0) is 27.4 Å². The van der Waals surface area contributed by atoms with Crippen LogP contribution in [0.4, 0.5) is 10.5 Å². The molecule has 10 heteroatoms. The minimum Gasteiger partial charge on any atom is -0.598 e. The molecule has 3 fully saturated rings. The van der Waals surface area contributed by atoms with Gasteiger partial charge in [-0.3, -0.25) is 14.6 Å². The van der Waals surface area contributed by atoms with Gasteiger partial charge in [-0.15, -0.1) is 4.31 Å². The molecule has 2 saturated heterocycles. The molecule has 206 valence electrons. The fraction of sp³-hybridized carbons (Fsp3) is 0.643. The molecule has 9 nitrogen and oxygen atoms in total. The molecule has 1 aliphatic carbocycles. The summed E-state index contributed by atoms with van der Waals surface area (Å²) in [5, 5.41) is 5.75. The van der Waals surface area contributed by atoms with Crippen LogP contribution in [0.15, 0.2) is 17.1 Å². The number of carbonyl (C=O) groups is 3. The third-order valence-corrected chi connectivity index (χ3v) is 10.3. The lowest BCUT2D eigenvalue weighted by atomic mass is 9.82. The van der Waals surface area contributed by atoms with Crippen LogP contribution in [0.5, 0.6) is 0 Å². The molecule has 5 rings (SSSR count). The smallest absolute Gasteiger partial charge is 0.329 e. The van der Waals surface area contributed by atoms with Crippen LogP contribution in [0.25, 0.3) is 0 Å². The summed E-state index contributed by atoms with van der Waals surface area (Å²) >= 11 is -1.17. The maximum atomic E-state index is 13.2. The van der Waals surface area contributed by atoms with Crippen LogP contribution in [-0.4, -0.2) is 63.0 Å². The molecule has 3 aliphatic heterocycles. The van der Waals surface area contributed by atoms with Crippen molar-refractivity contribution in [1.82, 2.24) is 14.9 Å². The van der Waals surface area contributed by atoms with Gasteiger partial charge in [-0.05, 0) is 81.2 Å². The minimum absolute atomic E-state index is 0.0162. The fourth-order valence-electron chi connectivity index (χ4n) is 6.33. The highest BCUT2D eigenvalue weighted by atomic mass is 32.2. The molecule has 0 aromatic heterocycles. The van der Waals surface area contributed by atoms with Gasteiger partial charge in [0.15, 0.2) is 0 Å². The number of rotatable bonds is 6. The Bertz CT molecular complexity index is 1130. The van der Waals surface area contributed by atoms with E-state index in [0.717, 1.165) is 41.3 Å². The van der Waals surface area contributed by atoms with Gasteiger partial charge in [0.1, 0.15) is 23.2 Å². The molecule has 0 bridgehead atoms. The maximum Gasteiger partial charge on any atom is 0.329 e. The number of urea groups is 1. The van der Waals surface area contributed by atoms with E-state index in [-0.39, 0.29) is 11.8 Å². The Kier molecular flexibility index (Phi) is 7.59. The number of nitrogens with zero attached hydrogens (tertiary/aromatic N) is 3. The molecular weight excluding hydrogens is 502 g/mol.